The minimum atomic E-state index is -0.855. The number of carbonyl (C=O) groups is 2. The third kappa shape index (κ3) is 4.90. The number of anilines is 1. The predicted molar refractivity (Wildman–Crippen MR) is 101 cm³/mol. The number of hydrogen-bond acceptors (Lipinski definition) is 4. The number of methoxy groups -OCH3 is 1. The van der Waals surface area contributed by atoms with Crippen molar-refractivity contribution in [1.82, 2.24) is 5.43 Å². The smallest absolute Gasteiger partial charge is 0.329 e. The van der Waals surface area contributed by atoms with Crippen LogP contribution in [-0.4, -0.2) is 25.1 Å². The number of aryl methyl sites for hydroxylation is 1. The second kappa shape index (κ2) is 8.43. The molecule has 2 aromatic carbocycles. The first-order valence-corrected chi connectivity index (χ1v) is 8.26. The summed E-state index contributed by atoms with van der Waals surface area (Å²) in [7, 11) is 1.54. The number of hydrogen-bond donors (Lipinski definition) is 2. The van der Waals surface area contributed by atoms with Gasteiger partial charge in [0.15, 0.2) is 0 Å². The highest BCUT2D eigenvalue weighted by molar-refractivity contribution is 9.10. The molecule has 0 radical (unpaired) electrons. The van der Waals surface area contributed by atoms with Crippen LogP contribution in [0.25, 0.3) is 0 Å². The molecule has 0 bridgehead atoms. The first kappa shape index (κ1) is 18.7. The zero-order chi connectivity index (χ0) is 18.4. The average Bonchev–Trinajstić information content (AvgIpc) is 2.59. The molecular formula is C18H18BrN3O3. The third-order valence-electron chi connectivity index (χ3n) is 3.62. The summed E-state index contributed by atoms with van der Waals surface area (Å²) >= 11 is 3.35. The van der Waals surface area contributed by atoms with Crippen LogP contribution in [0.4, 0.5) is 5.69 Å². The van der Waals surface area contributed by atoms with Gasteiger partial charge in [-0.25, -0.2) is 5.43 Å². The maximum absolute atomic E-state index is 12.0. The van der Waals surface area contributed by atoms with E-state index in [0.29, 0.717) is 17.0 Å². The van der Waals surface area contributed by atoms with Gasteiger partial charge in [0.2, 0.25) is 0 Å². The minimum absolute atomic E-state index is 0.595. The van der Waals surface area contributed by atoms with Gasteiger partial charge in [0.1, 0.15) is 5.75 Å². The summed E-state index contributed by atoms with van der Waals surface area (Å²) in [5, 5.41) is 6.38. The fraction of sp³-hybridized carbons (Fsp3) is 0.167. The quantitative estimate of drug-likeness (QED) is 0.467. The van der Waals surface area contributed by atoms with E-state index in [1.807, 2.05) is 32.0 Å². The van der Waals surface area contributed by atoms with E-state index in [-0.39, 0.29) is 0 Å². The zero-order valence-electron chi connectivity index (χ0n) is 14.1. The van der Waals surface area contributed by atoms with Crippen LogP contribution in [0.5, 0.6) is 5.75 Å². The van der Waals surface area contributed by atoms with Gasteiger partial charge in [0, 0.05) is 15.7 Å². The number of rotatable bonds is 4. The van der Waals surface area contributed by atoms with Crippen molar-refractivity contribution in [3.05, 3.63) is 57.6 Å². The summed E-state index contributed by atoms with van der Waals surface area (Å²) in [5.74, 6) is -1.04. The Hall–Kier alpha value is -2.67. The number of nitrogens with one attached hydrogen (secondary N) is 2. The molecule has 0 aliphatic carbocycles. The molecule has 2 amide bonds. The molecule has 0 atom stereocenters. The van der Waals surface area contributed by atoms with Crippen molar-refractivity contribution >= 4 is 39.6 Å². The molecule has 130 valence electrons. The van der Waals surface area contributed by atoms with Crippen LogP contribution in [0, 0.1) is 13.8 Å². The number of amides is 2. The molecule has 0 aromatic heterocycles. The molecule has 0 aliphatic rings. The Morgan fingerprint density at radius 2 is 1.92 bits per heavy atom. The molecule has 0 spiro atoms. The Balaban J connectivity index is 2.01. The highest BCUT2D eigenvalue weighted by Gasteiger charge is 2.14. The van der Waals surface area contributed by atoms with E-state index in [4.69, 9.17) is 4.74 Å². The van der Waals surface area contributed by atoms with Gasteiger partial charge in [0.05, 0.1) is 13.3 Å². The maximum atomic E-state index is 12.0. The molecule has 25 heavy (non-hydrogen) atoms. The summed E-state index contributed by atoms with van der Waals surface area (Å²) in [6.45, 7) is 3.81. The average molecular weight is 404 g/mol. The number of carbonyl (C=O) groups excluding carboxylic acids is 2. The lowest BCUT2D eigenvalue weighted by atomic mass is 10.1. The molecule has 0 saturated heterocycles. The summed E-state index contributed by atoms with van der Waals surface area (Å²) < 4.78 is 6.05. The van der Waals surface area contributed by atoms with Crippen LogP contribution in [-0.2, 0) is 9.59 Å². The Morgan fingerprint density at radius 1 is 1.16 bits per heavy atom. The first-order chi connectivity index (χ1) is 11.9. The van der Waals surface area contributed by atoms with Crippen molar-refractivity contribution in [3.63, 3.8) is 0 Å². The number of benzene rings is 2. The summed E-state index contributed by atoms with van der Waals surface area (Å²) in [5.41, 5.74) is 5.39. The van der Waals surface area contributed by atoms with E-state index in [2.05, 4.69) is 31.8 Å². The van der Waals surface area contributed by atoms with Gasteiger partial charge in [-0.3, -0.25) is 9.59 Å². The Kier molecular flexibility index (Phi) is 6.30. The molecule has 7 heteroatoms. The molecule has 0 aliphatic heterocycles. The monoisotopic (exact) mass is 403 g/mol. The zero-order valence-corrected chi connectivity index (χ0v) is 15.7. The highest BCUT2D eigenvalue weighted by atomic mass is 79.9. The van der Waals surface area contributed by atoms with Gasteiger partial charge in [-0.15, -0.1) is 0 Å². The van der Waals surface area contributed by atoms with Crippen molar-refractivity contribution < 1.29 is 14.3 Å². The van der Waals surface area contributed by atoms with Crippen LogP contribution < -0.4 is 15.5 Å². The van der Waals surface area contributed by atoms with Crippen LogP contribution in [0.2, 0.25) is 0 Å². The molecule has 2 N–H and O–H groups in total. The largest absolute Gasteiger partial charge is 0.496 e. The second-order valence-electron chi connectivity index (χ2n) is 5.29. The standard InChI is InChI=1S/C18H18BrN3O3/c1-11-5-4-6-15(12(11)2)21-17(23)18(24)22-20-10-13-9-14(19)7-8-16(13)25-3/h4-10H,1-3H3,(H,21,23)(H,22,24)/b20-10-. The van der Waals surface area contributed by atoms with Crippen molar-refractivity contribution in [2.45, 2.75) is 13.8 Å². The number of ether oxygens (including phenoxy) is 1. The SMILES string of the molecule is COc1ccc(Br)cc1/C=N\NC(=O)C(=O)Nc1cccc(C)c1C. The first-order valence-electron chi connectivity index (χ1n) is 7.46. The Morgan fingerprint density at radius 3 is 2.64 bits per heavy atom. The molecule has 0 fully saturated rings. The Bertz CT molecular complexity index is 834. The van der Waals surface area contributed by atoms with E-state index in [9.17, 15) is 9.59 Å². The van der Waals surface area contributed by atoms with E-state index in [1.165, 1.54) is 13.3 Å². The summed E-state index contributed by atoms with van der Waals surface area (Å²) in [6, 6.07) is 10.9. The maximum Gasteiger partial charge on any atom is 0.329 e. The second-order valence-corrected chi connectivity index (χ2v) is 6.20. The van der Waals surface area contributed by atoms with Gasteiger partial charge >= 0.3 is 11.8 Å². The molecule has 6 nitrogen and oxygen atoms in total. The minimum Gasteiger partial charge on any atom is -0.496 e. The van der Waals surface area contributed by atoms with Crippen molar-refractivity contribution in [2.24, 2.45) is 5.10 Å². The van der Waals surface area contributed by atoms with Crippen LogP contribution in [0.15, 0.2) is 46.0 Å². The lowest BCUT2D eigenvalue weighted by molar-refractivity contribution is -0.136. The lowest BCUT2D eigenvalue weighted by Crippen LogP contribution is -2.32. The van der Waals surface area contributed by atoms with Crippen molar-refractivity contribution in [1.29, 1.82) is 0 Å². The van der Waals surface area contributed by atoms with E-state index < -0.39 is 11.8 Å². The van der Waals surface area contributed by atoms with Crippen LogP contribution >= 0.6 is 15.9 Å². The highest BCUT2D eigenvalue weighted by Crippen LogP contribution is 2.21. The van der Waals surface area contributed by atoms with Gasteiger partial charge in [-0.05, 0) is 49.2 Å². The van der Waals surface area contributed by atoms with E-state index in [1.54, 1.807) is 18.2 Å². The van der Waals surface area contributed by atoms with E-state index in [0.717, 1.165) is 15.6 Å². The molecule has 0 unspecified atom stereocenters. The lowest BCUT2D eigenvalue weighted by Gasteiger charge is -2.09. The number of nitrogens with zero attached hydrogens (tertiary/aromatic N) is 1. The molecule has 2 rings (SSSR count). The molecule has 0 heterocycles. The van der Waals surface area contributed by atoms with E-state index >= 15 is 0 Å². The molecule has 2 aromatic rings. The summed E-state index contributed by atoms with van der Waals surface area (Å²) in [6.07, 6.45) is 1.41. The third-order valence-corrected chi connectivity index (χ3v) is 4.11. The molecule has 0 saturated carbocycles. The Labute approximate surface area is 154 Å². The van der Waals surface area contributed by atoms with Crippen LogP contribution in [0.1, 0.15) is 16.7 Å². The van der Waals surface area contributed by atoms with Crippen molar-refractivity contribution in [3.8, 4) is 5.75 Å². The summed E-state index contributed by atoms with van der Waals surface area (Å²) in [4.78, 5) is 23.8. The fourth-order valence-corrected chi connectivity index (χ4v) is 2.46. The topological polar surface area (TPSA) is 79.8 Å². The predicted octanol–water partition coefficient (Wildman–Crippen LogP) is 3.16. The number of halogens is 1. The fourth-order valence-electron chi connectivity index (χ4n) is 2.08. The number of hydrazone groups is 1. The van der Waals surface area contributed by atoms with Gasteiger partial charge in [-0.1, -0.05) is 28.1 Å². The van der Waals surface area contributed by atoms with Gasteiger partial charge in [0.25, 0.3) is 0 Å². The van der Waals surface area contributed by atoms with Crippen molar-refractivity contribution in [2.75, 3.05) is 12.4 Å². The molecular weight excluding hydrogens is 386 g/mol. The van der Waals surface area contributed by atoms with Gasteiger partial charge < -0.3 is 10.1 Å². The van der Waals surface area contributed by atoms with Gasteiger partial charge in [-0.2, -0.15) is 5.10 Å². The normalized spacial score (nSPS) is 10.6. The van der Waals surface area contributed by atoms with Crippen LogP contribution in [0.3, 0.4) is 0 Å².